The Kier molecular flexibility index (Phi) is 3.33. The summed E-state index contributed by atoms with van der Waals surface area (Å²) >= 11 is 3.11. The standard InChI is InChI=1S/C7H12BrNO2/c8-4-7(11)9-3-1-2-6(9)5-10/h6,10H,1-5H2/t6-/m0/s1. The van der Waals surface area contributed by atoms with Crippen molar-refractivity contribution >= 4 is 21.8 Å². The highest BCUT2D eigenvalue weighted by Gasteiger charge is 2.26. The third-order valence-corrected chi connectivity index (χ3v) is 2.50. The number of likely N-dealkylation sites (tertiary alicyclic amines) is 1. The zero-order valence-corrected chi connectivity index (χ0v) is 7.88. The van der Waals surface area contributed by atoms with Crippen molar-refractivity contribution < 1.29 is 9.90 Å². The van der Waals surface area contributed by atoms with Crippen LogP contribution >= 0.6 is 15.9 Å². The molecule has 0 bridgehead atoms. The van der Waals surface area contributed by atoms with Crippen molar-refractivity contribution in [3.63, 3.8) is 0 Å². The molecule has 64 valence electrons. The largest absolute Gasteiger partial charge is 0.394 e. The minimum atomic E-state index is 0.0695. The number of alkyl halides is 1. The van der Waals surface area contributed by atoms with Gasteiger partial charge in [0.05, 0.1) is 18.0 Å². The van der Waals surface area contributed by atoms with Crippen molar-refractivity contribution in [1.82, 2.24) is 4.90 Å². The van der Waals surface area contributed by atoms with E-state index in [-0.39, 0.29) is 18.6 Å². The van der Waals surface area contributed by atoms with Gasteiger partial charge in [-0.25, -0.2) is 0 Å². The van der Waals surface area contributed by atoms with Crippen molar-refractivity contribution in [3.8, 4) is 0 Å². The summed E-state index contributed by atoms with van der Waals surface area (Å²) in [4.78, 5) is 12.9. The fourth-order valence-corrected chi connectivity index (χ4v) is 1.75. The Morgan fingerprint density at radius 2 is 2.45 bits per heavy atom. The highest BCUT2D eigenvalue weighted by molar-refractivity contribution is 9.09. The van der Waals surface area contributed by atoms with Crippen LogP contribution in [0.4, 0.5) is 0 Å². The Hall–Kier alpha value is -0.0900. The molecule has 0 saturated carbocycles. The van der Waals surface area contributed by atoms with Crippen LogP contribution in [0.1, 0.15) is 12.8 Å². The maximum absolute atomic E-state index is 11.2. The molecule has 1 aliphatic heterocycles. The molecule has 1 amide bonds. The monoisotopic (exact) mass is 221 g/mol. The Bertz CT molecular complexity index is 151. The van der Waals surface area contributed by atoms with Crippen molar-refractivity contribution in [3.05, 3.63) is 0 Å². The predicted molar refractivity (Wildman–Crippen MR) is 45.6 cm³/mol. The van der Waals surface area contributed by atoms with Gasteiger partial charge in [-0.3, -0.25) is 4.79 Å². The number of aliphatic hydroxyl groups excluding tert-OH is 1. The Labute approximate surface area is 74.5 Å². The molecule has 1 heterocycles. The van der Waals surface area contributed by atoms with Gasteiger partial charge >= 0.3 is 0 Å². The van der Waals surface area contributed by atoms with E-state index in [4.69, 9.17) is 5.11 Å². The van der Waals surface area contributed by atoms with Crippen molar-refractivity contribution in [2.75, 3.05) is 18.5 Å². The first-order valence-corrected chi connectivity index (χ1v) is 4.88. The number of carbonyl (C=O) groups is 1. The number of carbonyl (C=O) groups excluding carboxylic acids is 1. The number of hydrogen-bond acceptors (Lipinski definition) is 2. The quantitative estimate of drug-likeness (QED) is 0.685. The van der Waals surface area contributed by atoms with Gasteiger partial charge in [0.15, 0.2) is 0 Å². The first-order chi connectivity index (χ1) is 5.29. The molecule has 1 fully saturated rings. The first kappa shape index (κ1) is 9.00. The zero-order chi connectivity index (χ0) is 8.27. The predicted octanol–water partition coefficient (Wildman–Crippen LogP) is 0.365. The van der Waals surface area contributed by atoms with Crippen molar-refractivity contribution in [2.24, 2.45) is 0 Å². The van der Waals surface area contributed by atoms with Gasteiger partial charge in [0.2, 0.25) is 5.91 Å². The van der Waals surface area contributed by atoms with Crippen LogP contribution in [0.2, 0.25) is 0 Å². The van der Waals surface area contributed by atoms with E-state index in [1.807, 2.05) is 0 Å². The number of amides is 1. The lowest BCUT2D eigenvalue weighted by molar-refractivity contribution is -0.129. The summed E-state index contributed by atoms with van der Waals surface area (Å²) < 4.78 is 0. The van der Waals surface area contributed by atoms with Crippen LogP contribution < -0.4 is 0 Å². The lowest BCUT2D eigenvalue weighted by Crippen LogP contribution is -2.38. The van der Waals surface area contributed by atoms with Crippen LogP contribution in [-0.2, 0) is 4.79 Å². The normalized spacial score (nSPS) is 24.2. The number of halogens is 1. The molecule has 0 radical (unpaired) electrons. The summed E-state index contributed by atoms with van der Waals surface area (Å²) in [6.07, 6.45) is 1.96. The molecule has 0 unspecified atom stereocenters. The third-order valence-electron chi connectivity index (χ3n) is 2.02. The highest BCUT2D eigenvalue weighted by Crippen LogP contribution is 2.16. The Morgan fingerprint density at radius 3 is 3.00 bits per heavy atom. The van der Waals surface area contributed by atoms with Crippen molar-refractivity contribution in [2.45, 2.75) is 18.9 Å². The van der Waals surface area contributed by atoms with E-state index in [1.54, 1.807) is 4.90 Å². The molecule has 0 aromatic rings. The number of hydrogen-bond donors (Lipinski definition) is 1. The van der Waals surface area contributed by atoms with Crippen molar-refractivity contribution in [1.29, 1.82) is 0 Å². The summed E-state index contributed by atoms with van der Waals surface area (Å²) in [6.45, 7) is 0.897. The Morgan fingerprint density at radius 1 is 1.73 bits per heavy atom. The fourth-order valence-electron chi connectivity index (χ4n) is 1.43. The molecule has 4 heteroatoms. The van der Waals surface area contributed by atoms with E-state index < -0.39 is 0 Å². The van der Waals surface area contributed by atoms with E-state index in [0.29, 0.717) is 5.33 Å². The second kappa shape index (κ2) is 4.07. The van der Waals surface area contributed by atoms with Crippen LogP contribution in [0.25, 0.3) is 0 Å². The molecular formula is C7H12BrNO2. The second-order valence-corrected chi connectivity index (χ2v) is 3.26. The summed E-state index contributed by atoms with van der Waals surface area (Å²) in [7, 11) is 0. The van der Waals surface area contributed by atoms with Gasteiger partial charge in [-0.15, -0.1) is 0 Å². The number of rotatable bonds is 2. The minimum Gasteiger partial charge on any atom is -0.394 e. The summed E-state index contributed by atoms with van der Waals surface area (Å²) in [5.74, 6) is 0.0848. The van der Waals surface area contributed by atoms with Gasteiger partial charge in [0.1, 0.15) is 0 Å². The van der Waals surface area contributed by atoms with Gasteiger partial charge < -0.3 is 10.0 Å². The average Bonchev–Trinajstić information content (AvgIpc) is 2.50. The van der Waals surface area contributed by atoms with Crippen LogP contribution in [-0.4, -0.2) is 40.4 Å². The van der Waals surface area contributed by atoms with Gasteiger partial charge in [0.25, 0.3) is 0 Å². The van der Waals surface area contributed by atoms with E-state index in [1.165, 1.54) is 0 Å². The first-order valence-electron chi connectivity index (χ1n) is 3.76. The van der Waals surface area contributed by atoms with Gasteiger partial charge in [-0.05, 0) is 12.8 Å². The second-order valence-electron chi connectivity index (χ2n) is 2.70. The Balaban J connectivity index is 2.49. The smallest absolute Gasteiger partial charge is 0.233 e. The molecule has 1 N–H and O–H groups in total. The van der Waals surface area contributed by atoms with E-state index in [0.717, 1.165) is 19.4 Å². The van der Waals surface area contributed by atoms with Crippen LogP contribution in [0.3, 0.4) is 0 Å². The molecule has 1 saturated heterocycles. The molecule has 3 nitrogen and oxygen atoms in total. The van der Waals surface area contributed by atoms with E-state index >= 15 is 0 Å². The lowest BCUT2D eigenvalue weighted by atomic mass is 10.2. The molecule has 0 aromatic heterocycles. The summed E-state index contributed by atoms with van der Waals surface area (Å²) in [5.41, 5.74) is 0. The molecule has 0 spiro atoms. The van der Waals surface area contributed by atoms with Crippen LogP contribution in [0.5, 0.6) is 0 Å². The summed E-state index contributed by atoms with van der Waals surface area (Å²) in [5, 5.41) is 9.24. The maximum atomic E-state index is 11.2. The number of aliphatic hydroxyl groups is 1. The topological polar surface area (TPSA) is 40.5 Å². The molecule has 0 aliphatic carbocycles. The van der Waals surface area contributed by atoms with Crippen LogP contribution in [0, 0.1) is 0 Å². The fraction of sp³-hybridized carbons (Fsp3) is 0.857. The van der Waals surface area contributed by atoms with Gasteiger partial charge in [-0.1, -0.05) is 15.9 Å². The highest BCUT2D eigenvalue weighted by atomic mass is 79.9. The molecule has 1 aliphatic rings. The number of nitrogens with zero attached hydrogens (tertiary/aromatic N) is 1. The maximum Gasteiger partial charge on any atom is 0.233 e. The van der Waals surface area contributed by atoms with E-state index in [9.17, 15) is 4.79 Å². The zero-order valence-electron chi connectivity index (χ0n) is 6.29. The molecule has 1 atom stereocenters. The van der Waals surface area contributed by atoms with Gasteiger partial charge in [-0.2, -0.15) is 0 Å². The van der Waals surface area contributed by atoms with Crippen LogP contribution in [0.15, 0.2) is 0 Å². The summed E-state index contributed by atoms with van der Waals surface area (Å²) in [6, 6.07) is 0.0695. The third kappa shape index (κ3) is 1.93. The molecule has 11 heavy (non-hydrogen) atoms. The molecule has 1 rings (SSSR count). The van der Waals surface area contributed by atoms with E-state index in [2.05, 4.69) is 15.9 Å². The molecular weight excluding hydrogens is 210 g/mol. The van der Waals surface area contributed by atoms with Gasteiger partial charge in [0, 0.05) is 6.54 Å². The average molecular weight is 222 g/mol. The minimum absolute atomic E-state index is 0.0695. The SMILES string of the molecule is O=C(CBr)N1CCC[C@H]1CO. The molecule has 0 aromatic carbocycles. The lowest BCUT2D eigenvalue weighted by Gasteiger charge is -2.21.